The first-order chi connectivity index (χ1) is 9.13. The number of para-hydroxylation sites is 1. The lowest BCUT2D eigenvalue weighted by Crippen LogP contribution is -2.42. The monoisotopic (exact) mass is 325 g/mol. The zero-order valence-corrected chi connectivity index (χ0v) is 13.4. The highest BCUT2D eigenvalue weighted by atomic mass is 79.9. The number of rotatable bonds is 3. The molecule has 0 radical (unpaired) electrons. The van der Waals surface area contributed by atoms with Crippen LogP contribution in [0.1, 0.15) is 19.8 Å². The Morgan fingerprint density at radius 2 is 2.11 bits per heavy atom. The standard InChI is InChI=1S/C15H24BrN3/c1-12-8-10-19(11-13(7-9-17)18(12)2)15-6-4-3-5-14(15)16/h3-6,12-13H,7-11,17H2,1-2H3. The third-order valence-electron chi connectivity index (χ3n) is 4.21. The van der Waals surface area contributed by atoms with Crippen LogP contribution in [0.3, 0.4) is 0 Å². The number of nitrogens with zero attached hydrogens (tertiary/aromatic N) is 2. The van der Waals surface area contributed by atoms with Gasteiger partial charge in [0.1, 0.15) is 0 Å². The normalized spacial score (nSPS) is 25.4. The number of likely N-dealkylation sites (N-methyl/N-ethyl adjacent to an activating group) is 1. The molecule has 3 nitrogen and oxygen atoms in total. The smallest absolute Gasteiger partial charge is 0.0511 e. The lowest BCUT2D eigenvalue weighted by Gasteiger charge is -2.32. The molecule has 2 unspecified atom stereocenters. The summed E-state index contributed by atoms with van der Waals surface area (Å²) in [6.07, 6.45) is 2.25. The summed E-state index contributed by atoms with van der Waals surface area (Å²) in [5.41, 5.74) is 7.08. The van der Waals surface area contributed by atoms with Gasteiger partial charge in [0.25, 0.3) is 0 Å². The minimum absolute atomic E-state index is 0.537. The zero-order valence-electron chi connectivity index (χ0n) is 11.8. The Kier molecular flexibility index (Phi) is 5.25. The third kappa shape index (κ3) is 3.50. The fraction of sp³-hybridized carbons (Fsp3) is 0.600. The number of hydrogen-bond acceptors (Lipinski definition) is 3. The molecule has 2 atom stereocenters. The average molecular weight is 326 g/mol. The maximum absolute atomic E-state index is 5.78. The minimum Gasteiger partial charge on any atom is -0.369 e. The molecule has 19 heavy (non-hydrogen) atoms. The summed E-state index contributed by atoms with van der Waals surface area (Å²) in [5.74, 6) is 0. The van der Waals surface area contributed by atoms with Crippen molar-refractivity contribution in [2.75, 3.05) is 31.6 Å². The Labute approximate surface area is 124 Å². The quantitative estimate of drug-likeness (QED) is 0.927. The molecular formula is C15H24BrN3. The van der Waals surface area contributed by atoms with Gasteiger partial charge in [0, 0.05) is 29.6 Å². The zero-order chi connectivity index (χ0) is 13.8. The molecular weight excluding hydrogens is 302 g/mol. The van der Waals surface area contributed by atoms with E-state index in [0.717, 1.165) is 26.1 Å². The molecule has 0 bridgehead atoms. The van der Waals surface area contributed by atoms with Crippen LogP contribution >= 0.6 is 15.9 Å². The van der Waals surface area contributed by atoms with Crippen LogP contribution in [0.25, 0.3) is 0 Å². The molecule has 0 amide bonds. The van der Waals surface area contributed by atoms with Crippen molar-refractivity contribution in [2.24, 2.45) is 5.73 Å². The van der Waals surface area contributed by atoms with E-state index in [0.29, 0.717) is 12.1 Å². The molecule has 1 saturated heterocycles. The summed E-state index contributed by atoms with van der Waals surface area (Å²) in [4.78, 5) is 4.98. The molecule has 2 N–H and O–H groups in total. The Hall–Kier alpha value is -0.580. The first kappa shape index (κ1) is 14.8. The molecule has 106 valence electrons. The van der Waals surface area contributed by atoms with Crippen LogP contribution in [-0.4, -0.2) is 43.7 Å². The lowest BCUT2D eigenvalue weighted by molar-refractivity contribution is 0.190. The highest BCUT2D eigenvalue weighted by Gasteiger charge is 2.26. The van der Waals surface area contributed by atoms with Crippen LogP contribution in [0.15, 0.2) is 28.7 Å². The summed E-state index contributed by atoms with van der Waals surface area (Å²) in [6.45, 7) is 5.23. The maximum atomic E-state index is 5.78. The Bertz CT molecular complexity index is 410. The third-order valence-corrected chi connectivity index (χ3v) is 4.88. The molecule has 1 aromatic rings. The maximum Gasteiger partial charge on any atom is 0.0511 e. The summed E-state index contributed by atoms with van der Waals surface area (Å²) < 4.78 is 1.18. The SMILES string of the molecule is CC1CCN(c2ccccc2Br)CC(CCN)N1C. The van der Waals surface area contributed by atoms with Gasteiger partial charge >= 0.3 is 0 Å². The molecule has 4 heteroatoms. The number of halogens is 1. The molecule has 1 heterocycles. The highest BCUT2D eigenvalue weighted by molar-refractivity contribution is 9.10. The van der Waals surface area contributed by atoms with E-state index in [-0.39, 0.29) is 0 Å². The van der Waals surface area contributed by atoms with Crippen LogP contribution < -0.4 is 10.6 Å². The van der Waals surface area contributed by atoms with Crippen LogP contribution in [0.4, 0.5) is 5.69 Å². The first-order valence-electron chi connectivity index (χ1n) is 7.05. The van der Waals surface area contributed by atoms with Crippen molar-refractivity contribution in [3.05, 3.63) is 28.7 Å². The molecule has 2 rings (SSSR count). The van der Waals surface area contributed by atoms with Crippen LogP contribution in [0, 0.1) is 0 Å². The van der Waals surface area contributed by atoms with Gasteiger partial charge in [-0.2, -0.15) is 0 Å². The van der Waals surface area contributed by atoms with E-state index in [4.69, 9.17) is 5.73 Å². The Morgan fingerprint density at radius 1 is 1.37 bits per heavy atom. The van der Waals surface area contributed by atoms with E-state index in [1.165, 1.54) is 16.6 Å². The summed E-state index contributed by atoms with van der Waals surface area (Å²) >= 11 is 3.67. The van der Waals surface area contributed by atoms with Gasteiger partial charge in [-0.3, -0.25) is 4.90 Å². The second kappa shape index (κ2) is 6.73. The molecule has 0 spiro atoms. The summed E-state index contributed by atoms with van der Waals surface area (Å²) in [5, 5.41) is 0. The first-order valence-corrected chi connectivity index (χ1v) is 7.84. The second-order valence-corrected chi connectivity index (χ2v) is 6.29. The Morgan fingerprint density at radius 3 is 2.79 bits per heavy atom. The summed E-state index contributed by atoms with van der Waals surface area (Å²) in [6, 6.07) is 9.64. The Balaban J connectivity index is 2.20. The number of anilines is 1. The number of nitrogens with two attached hydrogens (primary N) is 1. The van der Waals surface area contributed by atoms with Crippen LogP contribution in [-0.2, 0) is 0 Å². The fourth-order valence-corrected chi connectivity index (χ4v) is 3.33. The van der Waals surface area contributed by atoms with E-state index < -0.39 is 0 Å². The van der Waals surface area contributed by atoms with E-state index in [1.807, 2.05) is 0 Å². The van der Waals surface area contributed by atoms with Gasteiger partial charge in [-0.1, -0.05) is 12.1 Å². The number of benzene rings is 1. The van der Waals surface area contributed by atoms with Crippen molar-refractivity contribution in [2.45, 2.75) is 31.8 Å². The molecule has 1 aliphatic heterocycles. The lowest BCUT2D eigenvalue weighted by atomic mass is 10.1. The molecule has 0 aliphatic carbocycles. The van der Waals surface area contributed by atoms with E-state index in [2.05, 4.69) is 64.0 Å². The van der Waals surface area contributed by atoms with E-state index >= 15 is 0 Å². The predicted molar refractivity (Wildman–Crippen MR) is 85.7 cm³/mol. The van der Waals surface area contributed by atoms with Gasteiger partial charge in [-0.15, -0.1) is 0 Å². The van der Waals surface area contributed by atoms with E-state index in [1.54, 1.807) is 0 Å². The van der Waals surface area contributed by atoms with Crippen LogP contribution in [0.2, 0.25) is 0 Å². The van der Waals surface area contributed by atoms with E-state index in [9.17, 15) is 0 Å². The molecule has 0 aromatic heterocycles. The van der Waals surface area contributed by atoms with Crippen molar-refractivity contribution >= 4 is 21.6 Å². The molecule has 1 aromatic carbocycles. The second-order valence-electron chi connectivity index (χ2n) is 5.43. The molecule has 1 aliphatic rings. The van der Waals surface area contributed by atoms with Gasteiger partial charge in [-0.05, 0) is 61.4 Å². The predicted octanol–water partition coefficient (Wildman–Crippen LogP) is 2.70. The van der Waals surface area contributed by atoms with Gasteiger partial charge in [0.05, 0.1) is 5.69 Å². The van der Waals surface area contributed by atoms with Gasteiger partial charge in [0.15, 0.2) is 0 Å². The summed E-state index contributed by atoms with van der Waals surface area (Å²) in [7, 11) is 2.23. The highest BCUT2D eigenvalue weighted by Crippen LogP contribution is 2.28. The molecule has 0 saturated carbocycles. The van der Waals surface area contributed by atoms with Crippen molar-refractivity contribution < 1.29 is 0 Å². The van der Waals surface area contributed by atoms with Crippen molar-refractivity contribution in [1.82, 2.24) is 4.90 Å². The van der Waals surface area contributed by atoms with Crippen molar-refractivity contribution in [3.63, 3.8) is 0 Å². The fourth-order valence-electron chi connectivity index (χ4n) is 2.79. The van der Waals surface area contributed by atoms with Gasteiger partial charge in [-0.25, -0.2) is 0 Å². The number of hydrogen-bond donors (Lipinski definition) is 1. The van der Waals surface area contributed by atoms with Gasteiger partial charge < -0.3 is 10.6 Å². The van der Waals surface area contributed by atoms with Crippen molar-refractivity contribution in [1.29, 1.82) is 0 Å². The topological polar surface area (TPSA) is 32.5 Å². The minimum atomic E-state index is 0.537. The van der Waals surface area contributed by atoms with Crippen LogP contribution in [0.5, 0.6) is 0 Å². The van der Waals surface area contributed by atoms with Crippen molar-refractivity contribution in [3.8, 4) is 0 Å². The molecule has 1 fully saturated rings. The van der Waals surface area contributed by atoms with Gasteiger partial charge in [0.2, 0.25) is 0 Å². The largest absolute Gasteiger partial charge is 0.369 e. The average Bonchev–Trinajstić information content (AvgIpc) is 2.54.